The molecule has 2 unspecified atom stereocenters. The molecule has 0 heterocycles. The molecule has 2 aromatic rings. The Morgan fingerprint density at radius 3 is 2.09 bits per heavy atom. The molecule has 0 fully saturated rings. The van der Waals surface area contributed by atoms with E-state index in [1.807, 2.05) is 36.4 Å². The van der Waals surface area contributed by atoms with Gasteiger partial charge in [-0.05, 0) is 12.0 Å². The number of hydrogen-bond donors (Lipinski definition) is 1. The van der Waals surface area contributed by atoms with E-state index in [9.17, 15) is 14.7 Å². The SMILES string of the molecule is COC(=O)C(O)CC(C(=O)c1ccccc1)c1ccccc1. The first-order valence-corrected chi connectivity index (χ1v) is 7.03. The maximum Gasteiger partial charge on any atom is 0.334 e. The van der Waals surface area contributed by atoms with Crippen LogP contribution in [0.15, 0.2) is 60.7 Å². The molecule has 2 aromatic carbocycles. The number of aliphatic hydroxyl groups excluding tert-OH is 1. The fourth-order valence-corrected chi connectivity index (χ4v) is 2.34. The van der Waals surface area contributed by atoms with E-state index in [0.29, 0.717) is 5.56 Å². The second-order valence-corrected chi connectivity index (χ2v) is 4.97. The highest BCUT2D eigenvalue weighted by Crippen LogP contribution is 2.26. The molecule has 0 spiro atoms. The van der Waals surface area contributed by atoms with E-state index in [1.54, 1.807) is 24.3 Å². The molecule has 2 rings (SSSR count). The minimum Gasteiger partial charge on any atom is -0.467 e. The van der Waals surface area contributed by atoms with Crippen molar-refractivity contribution in [1.82, 2.24) is 0 Å². The first-order valence-electron chi connectivity index (χ1n) is 7.03. The van der Waals surface area contributed by atoms with E-state index in [1.165, 1.54) is 7.11 Å². The number of ketones is 1. The quantitative estimate of drug-likeness (QED) is 0.657. The lowest BCUT2D eigenvalue weighted by Gasteiger charge is -2.19. The summed E-state index contributed by atoms with van der Waals surface area (Å²) in [5, 5.41) is 9.92. The molecule has 0 aliphatic rings. The van der Waals surface area contributed by atoms with Crippen LogP contribution in [0.4, 0.5) is 0 Å². The number of hydrogen-bond acceptors (Lipinski definition) is 4. The molecule has 0 amide bonds. The molecule has 2 atom stereocenters. The van der Waals surface area contributed by atoms with Gasteiger partial charge in [-0.3, -0.25) is 4.79 Å². The number of carbonyl (C=O) groups is 2. The van der Waals surface area contributed by atoms with Crippen molar-refractivity contribution < 1.29 is 19.4 Å². The maximum absolute atomic E-state index is 12.7. The Bertz CT molecular complexity index is 622. The summed E-state index contributed by atoms with van der Waals surface area (Å²) in [6.45, 7) is 0. The number of benzene rings is 2. The van der Waals surface area contributed by atoms with Crippen LogP contribution in [-0.2, 0) is 9.53 Å². The van der Waals surface area contributed by atoms with Crippen molar-refractivity contribution in [2.45, 2.75) is 18.4 Å². The fourth-order valence-electron chi connectivity index (χ4n) is 2.34. The van der Waals surface area contributed by atoms with Gasteiger partial charge in [0.15, 0.2) is 11.9 Å². The number of ether oxygens (including phenoxy) is 1. The van der Waals surface area contributed by atoms with Crippen LogP contribution < -0.4 is 0 Å². The Labute approximate surface area is 129 Å². The number of methoxy groups -OCH3 is 1. The first-order chi connectivity index (χ1) is 10.6. The van der Waals surface area contributed by atoms with E-state index in [4.69, 9.17) is 0 Å². The fraction of sp³-hybridized carbons (Fsp3) is 0.222. The van der Waals surface area contributed by atoms with Crippen molar-refractivity contribution in [3.8, 4) is 0 Å². The number of carbonyl (C=O) groups excluding carboxylic acids is 2. The van der Waals surface area contributed by atoms with Crippen LogP contribution in [0.1, 0.15) is 28.3 Å². The topological polar surface area (TPSA) is 63.6 Å². The average Bonchev–Trinajstić information content (AvgIpc) is 2.59. The normalized spacial score (nSPS) is 13.2. The van der Waals surface area contributed by atoms with Gasteiger partial charge in [0.25, 0.3) is 0 Å². The molecule has 4 nitrogen and oxygen atoms in total. The van der Waals surface area contributed by atoms with E-state index in [0.717, 1.165) is 5.56 Å². The first kappa shape index (κ1) is 15.9. The lowest BCUT2D eigenvalue weighted by Crippen LogP contribution is -2.27. The highest BCUT2D eigenvalue weighted by atomic mass is 16.5. The second-order valence-electron chi connectivity index (χ2n) is 4.97. The highest BCUT2D eigenvalue weighted by molar-refractivity contribution is 6.01. The highest BCUT2D eigenvalue weighted by Gasteiger charge is 2.28. The Balaban J connectivity index is 2.30. The van der Waals surface area contributed by atoms with Crippen molar-refractivity contribution in [2.24, 2.45) is 0 Å². The molecule has 0 radical (unpaired) electrons. The van der Waals surface area contributed by atoms with Gasteiger partial charge >= 0.3 is 5.97 Å². The molecule has 1 N–H and O–H groups in total. The van der Waals surface area contributed by atoms with Crippen molar-refractivity contribution in [2.75, 3.05) is 7.11 Å². The Morgan fingerprint density at radius 2 is 1.55 bits per heavy atom. The molecule has 0 aromatic heterocycles. The van der Waals surface area contributed by atoms with E-state index >= 15 is 0 Å². The molecule has 4 heteroatoms. The monoisotopic (exact) mass is 298 g/mol. The average molecular weight is 298 g/mol. The predicted molar refractivity (Wildman–Crippen MR) is 82.6 cm³/mol. The van der Waals surface area contributed by atoms with Crippen LogP contribution >= 0.6 is 0 Å². The summed E-state index contributed by atoms with van der Waals surface area (Å²) in [5.41, 5.74) is 1.31. The number of rotatable bonds is 6. The van der Waals surface area contributed by atoms with E-state index in [2.05, 4.69) is 4.74 Å². The summed E-state index contributed by atoms with van der Waals surface area (Å²) in [6.07, 6.45) is -1.34. The predicted octanol–water partition coefficient (Wildman–Crippen LogP) is 2.58. The molecule has 0 saturated heterocycles. The molecule has 114 valence electrons. The molecule has 0 bridgehead atoms. The van der Waals surface area contributed by atoms with Gasteiger partial charge in [0.05, 0.1) is 13.0 Å². The summed E-state index contributed by atoms with van der Waals surface area (Å²) in [4.78, 5) is 24.2. The van der Waals surface area contributed by atoms with Gasteiger partial charge in [-0.15, -0.1) is 0 Å². The Hall–Kier alpha value is -2.46. The van der Waals surface area contributed by atoms with Crippen LogP contribution in [0.25, 0.3) is 0 Å². The standard InChI is InChI=1S/C18H18O4/c1-22-18(21)16(19)12-15(13-8-4-2-5-9-13)17(20)14-10-6-3-7-11-14/h2-11,15-16,19H,12H2,1H3. The van der Waals surface area contributed by atoms with E-state index in [-0.39, 0.29) is 12.2 Å². The summed E-state index contributed by atoms with van der Waals surface area (Å²) in [5.74, 6) is -1.46. The maximum atomic E-state index is 12.7. The molecular formula is C18H18O4. The van der Waals surface area contributed by atoms with Crippen molar-refractivity contribution in [3.63, 3.8) is 0 Å². The third-order valence-electron chi connectivity index (χ3n) is 3.51. The zero-order valence-corrected chi connectivity index (χ0v) is 12.3. The number of esters is 1. The second kappa shape index (κ2) is 7.52. The van der Waals surface area contributed by atoms with E-state index < -0.39 is 18.0 Å². The zero-order chi connectivity index (χ0) is 15.9. The summed E-state index contributed by atoms with van der Waals surface area (Å²) in [7, 11) is 1.21. The third kappa shape index (κ3) is 3.80. The van der Waals surface area contributed by atoms with Crippen LogP contribution in [0.5, 0.6) is 0 Å². The van der Waals surface area contributed by atoms with Gasteiger partial charge in [-0.2, -0.15) is 0 Å². The van der Waals surface area contributed by atoms with Crippen LogP contribution in [0.2, 0.25) is 0 Å². The lowest BCUT2D eigenvalue weighted by molar-refractivity contribution is -0.150. The van der Waals surface area contributed by atoms with Crippen molar-refractivity contribution in [1.29, 1.82) is 0 Å². The van der Waals surface area contributed by atoms with Crippen molar-refractivity contribution in [3.05, 3.63) is 71.8 Å². The van der Waals surface area contributed by atoms with Crippen LogP contribution in [-0.4, -0.2) is 30.1 Å². The largest absolute Gasteiger partial charge is 0.467 e. The van der Waals surface area contributed by atoms with Gasteiger partial charge in [0.1, 0.15) is 0 Å². The van der Waals surface area contributed by atoms with Crippen LogP contribution in [0.3, 0.4) is 0 Å². The third-order valence-corrected chi connectivity index (χ3v) is 3.51. The summed E-state index contributed by atoms with van der Waals surface area (Å²) >= 11 is 0. The van der Waals surface area contributed by atoms with Gasteiger partial charge < -0.3 is 9.84 Å². The number of aliphatic hydroxyl groups is 1. The molecule has 0 aliphatic heterocycles. The Morgan fingerprint density at radius 1 is 1.00 bits per heavy atom. The zero-order valence-electron chi connectivity index (χ0n) is 12.3. The molecule has 0 aliphatic carbocycles. The number of Topliss-reactive ketones (excluding diaryl/α,β-unsaturated/α-hetero) is 1. The Kier molecular flexibility index (Phi) is 5.44. The van der Waals surface area contributed by atoms with Crippen molar-refractivity contribution >= 4 is 11.8 Å². The minimum atomic E-state index is -1.33. The van der Waals surface area contributed by atoms with Gasteiger partial charge in [0.2, 0.25) is 0 Å². The lowest BCUT2D eigenvalue weighted by atomic mass is 9.86. The smallest absolute Gasteiger partial charge is 0.334 e. The van der Waals surface area contributed by atoms with Gasteiger partial charge in [0, 0.05) is 5.56 Å². The minimum absolute atomic E-state index is 0.00951. The van der Waals surface area contributed by atoms with Crippen LogP contribution in [0, 0.1) is 0 Å². The van der Waals surface area contributed by atoms with Gasteiger partial charge in [-0.1, -0.05) is 60.7 Å². The molecular weight excluding hydrogens is 280 g/mol. The summed E-state index contributed by atoms with van der Waals surface area (Å²) in [6, 6.07) is 18.0. The molecule has 0 saturated carbocycles. The van der Waals surface area contributed by atoms with Gasteiger partial charge in [-0.25, -0.2) is 4.79 Å². The molecule has 22 heavy (non-hydrogen) atoms. The summed E-state index contributed by atoms with van der Waals surface area (Å²) < 4.78 is 4.53.